The number of aliphatic imine (C=N–C) groups is 1. The fraction of sp³-hybridized carbons (Fsp3) is 0.400. The van der Waals surface area contributed by atoms with E-state index in [2.05, 4.69) is 20.6 Å². The van der Waals surface area contributed by atoms with Crippen molar-refractivity contribution in [1.29, 1.82) is 0 Å². The maximum Gasteiger partial charge on any atom is 0.350 e. The minimum Gasteiger partial charge on any atom is -0.462 e. The zero-order valence-corrected chi connectivity index (χ0v) is 20.7. The molecule has 0 aliphatic carbocycles. The van der Waals surface area contributed by atoms with E-state index in [1.807, 2.05) is 19.9 Å². The predicted molar refractivity (Wildman–Crippen MR) is 130 cm³/mol. The lowest BCUT2D eigenvalue weighted by Crippen LogP contribution is -2.38. The van der Waals surface area contributed by atoms with Crippen LogP contribution in [0.15, 0.2) is 29.3 Å². The zero-order valence-electron chi connectivity index (χ0n) is 17.5. The number of nitrogens with one attached hydrogen (secondary N) is 2. The number of aromatic nitrogens is 1. The van der Waals surface area contributed by atoms with E-state index in [9.17, 15) is 9.59 Å². The number of rotatable bonds is 8. The molecule has 0 radical (unpaired) electrons. The van der Waals surface area contributed by atoms with E-state index in [1.54, 1.807) is 32.0 Å². The second-order valence-corrected chi connectivity index (χ2v) is 7.34. The molecule has 0 spiro atoms. The molecule has 1 aromatic carbocycles. The minimum absolute atomic E-state index is 0. The Labute approximate surface area is 197 Å². The molecule has 0 bridgehead atoms. The van der Waals surface area contributed by atoms with Gasteiger partial charge in [-0.05, 0) is 45.4 Å². The summed E-state index contributed by atoms with van der Waals surface area (Å²) in [5.74, 6) is -0.211. The van der Waals surface area contributed by atoms with Crippen LogP contribution in [0.3, 0.4) is 0 Å². The fourth-order valence-corrected chi connectivity index (χ4v) is 3.53. The standard InChI is InChI=1S/C20H27N5O3S.HI/c1-5-22-20(23-11-14-8-7-9-15(10-14)17(21)26)25-13(4)18-24-12(3)16(29-18)19(27)28-6-2;/h7-10,13H,5-6,11H2,1-4H3,(H2,21,26)(H2,22,23,25);1H. The lowest BCUT2D eigenvalue weighted by Gasteiger charge is -2.16. The van der Waals surface area contributed by atoms with Crippen molar-refractivity contribution in [2.45, 2.75) is 40.3 Å². The minimum atomic E-state index is -0.467. The van der Waals surface area contributed by atoms with E-state index in [-0.39, 0.29) is 36.0 Å². The average molecular weight is 545 g/mol. The molecule has 10 heteroatoms. The Morgan fingerprint density at radius 1 is 1.33 bits per heavy atom. The first-order chi connectivity index (χ1) is 13.8. The van der Waals surface area contributed by atoms with Gasteiger partial charge in [-0.25, -0.2) is 14.8 Å². The van der Waals surface area contributed by atoms with Crippen molar-refractivity contribution in [2.24, 2.45) is 10.7 Å². The number of halogens is 1. The molecule has 2 aromatic rings. The molecule has 0 saturated heterocycles. The molecule has 1 aromatic heterocycles. The topological polar surface area (TPSA) is 119 Å². The summed E-state index contributed by atoms with van der Waals surface area (Å²) in [5.41, 5.74) is 7.32. The van der Waals surface area contributed by atoms with Crippen LogP contribution in [0.2, 0.25) is 0 Å². The molecule has 1 amide bonds. The summed E-state index contributed by atoms with van der Waals surface area (Å²) in [6, 6.07) is 6.92. The molecule has 2 rings (SSSR count). The molecular weight excluding hydrogens is 517 g/mol. The van der Waals surface area contributed by atoms with Gasteiger partial charge >= 0.3 is 5.97 Å². The number of ether oxygens (including phenoxy) is 1. The number of primary amides is 1. The van der Waals surface area contributed by atoms with E-state index in [1.165, 1.54) is 11.3 Å². The Kier molecular flexibility index (Phi) is 10.7. The van der Waals surface area contributed by atoms with Crippen LogP contribution in [0, 0.1) is 6.92 Å². The van der Waals surface area contributed by atoms with E-state index >= 15 is 0 Å². The van der Waals surface area contributed by atoms with Gasteiger partial charge in [-0.1, -0.05) is 12.1 Å². The first kappa shape index (κ1) is 25.8. The Bertz CT molecular complexity index is 900. The largest absolute Gasteiger partial charge is 0.462 e. The number of carbonyl (C=O) groups excluding carboxylic acids is 2. The van der Waals surface area contributed by atoms with E-state index < -0.39 is 5.91 Å². The molecule has 30 heavy (non-hydrogen) atoms. The summed E-state index contributed by atoms with van der Waals surface area (Å²) in [5, 5.41) is 7.25. The Hall–Kier alpha value is -2.21. The molecule has 1 atom stereocenters. The molecule has 4 N–H and O–H groups in total. The van der Waals surface area contributed by atoms with Gasteiger partial charge < -0.3 is 21.1 Å². The van der Waals surface area contributed by atoms with Crippen LogP contribution in [0.5, 0.6) is 0 Å². The van der Waals surface area contributed by atoms with Gasteiger partial charge in [-0.15, -0.1) is 35.3 Å². The zero-order chi connectivity index (χ0) is 21.4. The molecule has 0 aliphatic rings. The highest BCUT2D eigenvalue weighted by Gasteiger charge is 2.20. The molecule has 1 heterocycles. The first-order valence-corrected chi connectivity index (χ1v) is 10.2. The highest BCUT2D eigenvalue weighted by Crippen LogP contribution is 2.24. The number of hydrogen-bond acceptors (Lipinski definition) is 6. The van der Waals surface area contributed by atoms with Crippen LogP contribution < -0.4 is 16.4 Å². The van der Waals surface area contributed by atoms with Crippen molar-refractivity contribution in [1.82, 2.24) is 15.6 Å². The van der Waals surface area contributed by atoms with Gasteiger partial charge in [0.25, 0.3) is 0 Å². The van der Waals surface area contributed by atoms with Gasteiger partial charge in [-0.3, -0.25) is 4.79 Å². The van der Waals surface area contributed by atoms with Gasteiger partial charge in [0.2, 0.25) is 5.91 Å². The third-order valence-electron chi connectivity index (χ3n) is 3.97. The number of aryl methyl sites for hydroxylation is 1. The fourth-order valence-electron chi connectivity index (χ4n) is 2.57. The maximum atomic E-state index is 12.0. The summed E-state index contributed by atoms with van der Waals surface area (Å²) in [6.07, 6.45) is 0. The van der Waals surface area contributed by atoms with Crippen LogP contribution in [0.4, 0.5) is 0 Å². The van der Waals surface area contributed by atoms with E-state index in [4.69, 9.17) is 10.5 Å². The predicted octanol–water partition coefficient (Wildman–Crippen LogP) is 3.16. The summed E-state index contributed by atoms with van der Waals surface area (Å²) >= 11 is 1.31. The van der Waals surface area contributed by atoms with Gasteiger partial charge in [-0.2, -0.15) is 0 Å². The lowest BCUT2D eigenvalue weighted by atomic mass is 10.1. The third kappa shape index (κ3) is 7.24. The van der Waals surface area contributed by atoms with Crippen molar-refractivity contribution in [2.75, 3.05) is 13.2 Å². The SMILES string of the molecule is CCNC(=NCc1cccc(C(N)=O)c1)NC(C)c1nc(C)c(C(=O)OCC)s1.I. The highest BCUT2D eigenvalue weighted by atomic mass is 127. The average Bonchev–Trinajstić information content (AvgIpc) is 3.08. The normalized spacial score (nSPS) is 11.9. The monoisotopic (exact) mass is 545 g/mol. The summed E-state index contributed by atoms with van der Waals surface area (Å²) < 4.78 is 5.08. The molecule has 0 saturated carbocycles. The number of benzene rings is 1. The maximum absolute atomic E-state index is 12.0. The molecule has 0 fully saturated rings. The van der Waals surface area contributed by atoms with Crippen LogP contribution >= 0.6 is 35.3 Å². The van der Waals surface area contributed by atoms with Crippen molar-refractivity contribution in [3.8, 4) is 0 Å². The van der Waals surface area contributed by atoms with E-state index in [0.29, 0.717) is 41.8 Å². The van der Waals surface area contributed by atoms with E-state index in [0.717, 1.165) is 10.6 Å². The van der Waals surface area contributed by atoms with Crippen molar-refractivity contribution < 1.29 is 14.3 Å². The van der Waals surface area contributed by atoms with Crippen LogP contribution in [-0.2, 0) is 11.3 Å². The van der Waals surface area contributed by atoms with Crippen molar-refractivity contribution in [3.63, 3.8) is 0 Å². The summed E-state index contributed by atoms with van der Waals surface area (Å²) in [4.78, 5) is 32.9. The van der Waals surface area contributed by atoms with Gasteiger partial charge in [0.15, 0.2) is 5.96 Å². The molecular formula is C20H28IN5O3S. The number of amides is 1. The second kappa shape index (κ2) is 12.5. The smallest absolute Gasteiger partial charge is 0.350 e. The first-order valence-electron chi connectivity index (χ1n) is 9.43. The Balaban J connectivity index is 0.00000450. The highest BCUT2D eigenvalue weighted by molar-refractivity contribution is 14.0. The second-order valence-electron chi connectivity index (χ2n) is 6.31. The van der Waals surface area contributed by atoms with Crippen molar-refractivity contribution in [3.05, 3.63) is 51.0 Å². The van der Waals surface area contributed by atoms with Crippen molar-refractivity contribution >= 4 is 53.1 Å². The van der Waals surface area contributed by atoms with Gasteiger partial charge in [0, 0.05) is 12.1 Å². The number of carbonyl (C=O) groups is 2. The summed E-state index contributed by atoms with van der Waals surface area (Å²) in [7, 11) is 0. The van der Waals surface area contributed by atoms with Crippen LogP contribution in [0.1, 0.15) is 63.1 Å². The summed E-state index contributed by atoms with van der Waals surface area (Å²) in [6.45, 7) is 8.89. The van der Waals surface area contributed by atoms with Crippen LogP contribution in [-0.4, -0.2) is 36.0 Å². The van der Waals surface area contributed by atoms with Crippen LogP contribution in [0.25, 0.3) is 0 Å². The number of guanidine groups is 1. The lowest BCUT2D eigenvalue weighted by molar-refractivity contribution is 0.0531. The van der Waals surface area contributed by atoms with Gasteiger partial charge in [0.05, 0.1) is 24.9 Å². The van der Waals surface area contributed by atoms with Gasteiger partial charge in [0.1, 0.15) is 9.88 Å². The Morgan fingerprint density at radius 2 is 2.07 bits per heavy atom. The molecule has 164 valence electrons. The third-order valence-corrected chi connectivity index (χ3v) is 5.29. The Morgan fingerprint density at radius 3 is 2.70 bits per heavy atom. The molecule has 1 unspecified atom stereocenters. The number of nitrogens with zero attached hydrogens (tertiary/aromatic N) is 2. The number of thiazole rings is 1. The number of hydrogen-bond donors (Lipinski definition) is 3. The quantitative estimate of drug-likeness (QED) is 0.203. The number of nitrogens with two attached hydrogens (primary N) is 1. The molecule has 8 nitrogen and oxygen atoms in total. The molecule has 0 aliphatic heterocycles. The number of esters is 1.